The lowest BCUT2D eigenvalue weighted by Gasteiger charge is -2.28. The van der Waals surface area contributed by atoms with Crippen LogP contribution in [0.5, 0.6) is 11.5 Å². The maximum absolute atomic E-state index is 12.3. The number of benzene rings is 2. The minimum atomic E-state index is -0.540. The second kappa shape index (κ2) is 10.8. The van der Waals surface area contributed by atoms with Crippen LogP contribution in [0.15, 0.2) is 48.5 Å². The first-order valence-electron chi connectivity index (χ1n) is 9.70. The third kappa shape index (κ3) is 6.48. The number of primary amides is 1. The molecule has 1 aliphatic rings. The van der Waals surface area contributed by atoms with Crippen molar-refractivity contribution in [3.05, 3.63) is 54.1 Å². The molecule has 2 amide bonds. The number of anilines is 1. The number of para-hydroxylation sites is 1. The molecule has 6 nitrogen and oxygen atoms in total. The van der Waals surface area contributed by atoms with Crippen molar-refractivity contribution >= 4 is 29.9 Å². The molecule has 2 unspecified atom stereocenters. The zero-order chi connectivity index (χ0) is 19.9. The van der Waals surface area contributed by atoms with Crippen LogP contribution in [0.2, 0.25) is 0 Å². The Morgan fingerprint density at radius 1 is 1.21 bits per heavy atom. The lowest BCUT2D eigenvalue weighted by molar-refractivity contribution is -0.117. The van der Waals surface area contributed by atoms with Crippen LogP contribution in [0, 0.1) is 11.8 Å². The molecule has 0 aliphatic carbocycles. The summed E-state index contributed by atoms with van der Waals surface area (Å²) in [6.45, 7) is 4.21. The highest BCUT2D eigenvalue weighted by molar-refractivity contribution is 5.95. The predicted molar refractivity (Wildman–Crippen MR) is 117 cm³/mol. The Morgan fingerprint density at radius 2 is 1.93 bits per heavy atom. The fourth-order valence-electron chi connectivity index (χ4n) is 3.53. The molecule has 2 aromatic rings. The van der Waals surface area contributed by atoms with Crippen LogP contribution < -0.4 is 21.1 Å². The summed E-state index contributed by atoms with van der Waals surface area (Å²) in [4.78, 5) is 23.8. The number of hydrogen-bond acceptors (Lipinski definition) is 4. The van der Waals surface area contributed by atoms with Crippen LogP contribution in [0.4, 0.5) is 5.69 Å². The van der Waals surface area contributed by atoms with Gasteiger partial charge >= 0.3 is 0 Å². The van der Waals surface area contributed by atoms with E-state index in [2.05, 4.69) is 17.6 Å². The molecule has 0 saturated carbocycles. The zero-order valence-corrected chi connectivity index (χ0v) is 17.3. The SMILES string of the molecule is CC(CC(=O)Nc1ccc(Oc2ccccc2C(N)=O)cc1)C1CCCNC1.Cl. The molecule has 0 aromatic heterocycles. The molecule has 1 fully saturated rings. The number of hydrogen-bond donors (Lipinski definition) is 3. The number of nitrogens with two attached hydrogens (primary N) is 1. The number of carbonyl (C=O) groups excluding carboxylic acids is 2. The lowest BCUT2D eigenvalue weighted by Crippen LogP contribution is -2.34. The van der Waals surface area contributed by atoms with E-state index >= 15 is 0 Å². The highest BCUT2D eigenvalue weighted by Crippen LogP contribution is 2.27. The Hall–Kier alpha value is -2.57. The number of amides is 2. The predicted octanol–water partition coefficient (Wildman–Crippen LogP) is 3.96. The van der Waals surface area contributed by atoms with Gasteiger partial charge in [0.1, 0.15) is 11.5 Å². The Morgan fingerprint density at radius 3 is 2.59 bits per heavy atom. The van der Waals surface area contributed by atoms with E-state index in [0.29, 0.717) is 35.3 Å². The third-order valence-corrected chi connectivity index (χ3v) is 5.17. The summed E-state index contributed by atoms with van der Waals surface area (Å²) < 4.78 is 5.75. The van der Waals surface area contributed by atoms with Crippen molar-refractivity contribution in [2.75, 3.05) is 18.4 Å². The third-order valence-electron chi connectivity index (χ3n) is 5.17. The van der Waals surface area contributed by atoms with Gasteiger partial charge < -0.3 is 21.1 Å². The normalized spacial score (nSPS) is 16.9. The molecule has 0 spiro atoms. The molecule has 29 heavy (non-hydrogen) atoms. The monoisotopic (exact) mass is 417 g/mol. The molecule has 7 heteroatoms. The second-order valence-corrected chi connectivity index (χ2v) is 7.32. The Bertz CT molecular complexity index is 820. The average molecular weight is 418 g/mol. The summed E-state index contributed by atoms with van der Waals surface area (Å²) in [7, 11) is 0. The van der Waals surface area contributed by atoms with Crippen LogP contribution in [-0.2, 0) is 4.79 Å². The van der Waals surface area contributed by atoms with E-state index in [1.807, 2.05) is 0 Å². The number of halogens is 1. The minimum Gasteiger partial charge on any atom is -0.457 e. The summed E-state index contributed by atoms with van der Waals surface area (Å²) in [5.41, 5.74) is 6.41. The van der Waals surface area contributed by atoms with Crippen molar-refractivity contribution in [2.24, 2.45) is 17.6 Å². The molecule has 2 aromatic carbocycles. The number of nitrogens with one attached hydrogen (secondary N) is 2. The first-order valence-corrected chi connectivity index (χ1v) is 9.70. The van der Waals surface area contributed by atoms with E-state index in [-0.39, 0.29) is 18.3 Å². The summed E-state index contributed by atoms with van der Waals surface area (Å²) in [5.74, 6) is 1.35. The number of carbonyl (C=O) groups is 2. The quantitative estimate of drug-likeness (QED) is 0.635. The van der Waals surface area contributed by atoms with Crippen LogP contribution in [-0.4, -0.2) is 24.9 Å². The van der Waals surface area contributed by atoms with Gasteiger partial charge in [-0.05, 0) is 74.2 Å². The van der Waals surface area contributed by atoms with Gasteiger partial charge in [0.15, 0.2) is 0 Å². The van der Waals surface area contributed by atoms with E-state index in [1.54, 1.807) is 48.5 Å². The first kappa shape index (κ1) is 22.7. The molecular formula is C22H28ClN3O3. The van der Waals surface area contributed by atoms with Crippen molar-refractivity contribution in [3.63, 3.8) is 0 Å². The maximum Gasteiger partial charge on any atom is 0.252 e. The smallest absolute Gasteiger partial charge is 0.252 e. The summed E-state index contributed by atoms with van der Waals surface area (Å²) in [5, 5.41) is 6.34. The topological polar surface area (TPSA) is 93.4 Å². The maximum atomic E-state index is 12.3. The zero-order valence-electron chi connectivity index (χ0n) is 16.5. The molecular weight excluding hydrogens is 390 g/mol. The Kier molecular flexibility index (Phi) is 8.49. The number of ether oxygens (including phenoxy) is 1. The van der Waals surface area contributed by atoms with Crippen molar-refractivity contribution < 1.29 is 14.3 Å². The van der Waals surface area contributed by atoms with E-state index < -0.39 is 5.91 Å². The molecule has 0 radical (unpaired) electrons. The van der Waals surface area contributed by atoms with Crippen molar-refractivity contribution in [1.82, 2.24) is 5.32 Å². The van der Waals surface area contributed by atoms with E-state index in [1.165, 1.54) is 12.8 Å². The fraction of sp³-hybridized carbons (Fsp3) is 0.364. The highest BCUT2D eigenvalue weighted by atomic mass is 35.5. The van der Waals surface area contributed by atoms with E-state index in [0.717, 1.165) is 18.8 Å². The standard InChI is InChI=1S/C22H27N3O3.ClH/c1-15(16-5-4-12-24-14-16)13-21(26)25-17-8-10-18(11-9-17)28-20-7-3-2-6-19(20)22(23)27;/h2-3,6-11,15-16,24H,4-5,12-14H2,1H3,(H2,23,27)(H,25,26);1H. The lowest BCUT2D eigenvalue weighted by atomic mass is 9.85. The second-order valence-electron chi connectivity index (χ2n) is 7.32. The highest BCUT2D eigenvalue weighted by Gasteiger charge is 2.22. The molecule has 2 atom stereocenters. The van der Waals surface area contributed by atoms with Crippen LogP contribution in [0.1, 0.15) is 36.5 Å². The summed E-state index contributed by atoms with van der Waals surface area (Å²) >= 11 is 0. The Balaban J connectivity index is 0.00000300. The molecule has 3 rings (SSSR count). The van der Waals surface area contributed by atoms with Gasteiger partial charge in [-0.25, -0.2) is 0 Å². The molecule has 1 heterocycles. The summed E-state index contributed by atoms with van der Waals surface area (Å²) in [6.07, 6.45) is 2.87. The van der Waals surface area contributed by atoms with Gasteiger partial charge in [0.05, 0.1) is 5.56 Å². The van der Waals surface area contributed by atoms with Crippen molar-refractivity contribution in [1.29, 1.82) is 0 Å². The van der Waals surface area contributed by atoms with Crippen molar-refractivity contribution in [2.45, 2.75) is 26.2 Å². The number of piperidine rings is 1. The van der Waals surface area contributed by atoms with Gasteiger partial charge in [0, 0.05) is 12.1 Å². The van der Waals surface area contributed by atoms with E-state index in [9.17, 15) is 9.59 Å². The van der Waals surface area contributed by atoms with Crippen LogP contribution in [0.25, 0.3) is 0 Å². The van der Waals surface area contributed by atoms with Crippen LogP contribution in [0.3, 0.4) is 0 Å². The average Bonchev–Trinajstić information content (AvgIpc) is 2.70. The molecule has 1 saturated heterocycles. The van der Waals surface area contributed by atoms with Gasteiger partial charge in [-0.3, -0.25) is 9.59 Å². The Labute approximate surface area is 177 Å². The first-order chi connectivity index (χ1) is 13.5. The van der Waals surface area contributed by atoms with Gasteiger partial charge in [-0.2, -0.15) is 0 Å². The molecule has 0 bridgehead atoms. The largest absolute Gasteiger partial charge is 0.457 e. The van der Waals surface area contributed by atoms with Crippen molar-refractivity contribution in [3.8, 4) is 11.5 Å². The summed E-state index contributed by atoms with van der Waals surface area (Å²) in [6, 6.07) is 13.9. The fourth-order valence-corrected chi connectivity index (χ4v) is 3.53. The molecule has 1 aliphatic heterocycles. The van der Waals surface area contributed by atoms with Gasteiger partial charge in [0.2, 0.25) is 5.91 Å². The van der Waals surface area contributed by atoms with Gasteiger partial charge in [-0.15, -0.1) is 12.4 Å². The van der Waals surface area contributed by atoms with Crippen LogP contribution >= 0.6 is 12.4 Å². The van der Waals surface area contributed by atoms with E-state index in [4.69, 9.17) is 10.5 Å². The molecule has 156 valence electrons. The molecule has 4 N–H and O–H groups in total. The number of rotatable bonds is 7. The van der Waals surface area contributed by atoms with Gasteiger partial charge in [-0.1, -0.05) is 19.1 Å². The van der Waals surface area contributed by atoms with Gasteiger partial charge in [0.25, 0.3) is 5.91 Å². The minimum absolute atomic E-state index is 0.